The number of rotatable bonds is 9. The number of methoxy groups -OCH3 is 1. The predicted octanol–water partition coefficient (Wildman–Crippen LogP) is 2.95. The van der Waals surface area contributed by atoms with Crippen molar-refractivity contribution in [3.8, 4) is 11.5 Å². The number of carbonyl (C=O) groups excluding carboxylic acids is 2. The first-order valence-corrected chi connectivity index (χ1v) is 10.5. The zero-order valence-electron chi connectivity index (χ0n) is 17.8. The highest BCUT2D eigenvalue weighted by atomic mass is 16.5. The summed E-state index contributed by atoms with van der Waals surface area (Å²) in [6.07, 6.45) is 5.11. The average Bonchev–Trinajstić information content (AvgIpc) is 2.76. The zero-order valence-corrected chi connectivity index (χ0v) is 17.8. The van der Waals surface area contributed by atoms with Gasteiger partial charge in [-0.3, -0.25) is 9.59 Å². The van der Waals surface area contributed by atoms with Gasteiger partial charge in [0.25, 0.3) is 5.91 Å². The van der Waals surface area contributed by atoms with Crippen LogP contribution in [0.1, 0.15) is 42.0 Å². The second-order valence-electron chi connectivity index (χ2n) is 7.49. The SMILES string of the molecule is CCNC(=O)COc1ccc(CNC(=O)Cc2ccc3c(c2)CCCC3)cc1OC. The first-order chi connectivity index (χ1) is 14.6. The number of amides is 2. The Morgan fingerprint density at radius 2 is 1.67 bits per heavy atom. The molecule has 0 saturated carbocycles. The van der Waals surface area contributed by atoms with E-state index in [1.54, 1.807) is 13.2 Å². The van der Waals surface area contributed by atoms with Gasteiger partial charge in [-0.05, 0) is 67.0 Å². The van der Waals surface area contributed by atoms with E-state index in [9.17, 15) is 9.59 Å². The Morgan fingerprint density at radius 1 is 0.900 bits per heavy atom. The lowest BCUT2D eigenvalue weighted by molar-refractivity contribution is -0.123. The van der Waals surface area contributed by atoms with Crippen LogP contribution in [0.2, 0.25) is 0 Å². The molecule has 0 aromatic heterocycles. The summed E-state index contributed by atoms with van der Waals surface area (Å²) in [4.78, 5) is 24.0. The van der Waals surface area contributed by atoms with Crippen molar-refractivity contribution in [2.75, 3.05) is 20.3 Å². The van der Waals surface area contributed by atoms with Gasteiger partial charge >= 0.3 is 0 Å². The van der Waals surface area contributed by atoms with Crippen LogP contribution in [0.5, 0.6) is 11.5 Å². The fourth-order valence-corrected chi connectivity index (χ4v) is 3.68. The molecule has 2 N–H and O–H groups in total. The zero-order chi connectivity index (χ0) is 21.3. The van der Waals surface area contributed by atoms with E-state index in [0.29, 0.717) is 31.0 Å². The molecule has 2 amide bonds. The standard InChI is InChI=1S/C24H30N2O4/c1-3-25-24(28)16-30-21-11-9-18(13-22(21)29-2)15-26-23(27)14-17-8-10-19-6-4-5-7-20(19)12-17/h8-13H,3-7,14-16H2,1-2H3,(H,25,28)(H,26,27). The van der Waals surface area contributed by atoms with Crippen LogP contribution in [0.15, 0.2) is 36.4 Å². The van der Waals surface area contributed by atoms with Crippen molar-refractivity contribution in [3.63, 3.8) is 0 Å². The molecule has 1 aliphatic carbocycles. The van der Waals surface area contributed by atoms with E-state index in [1.165, 1.54) is 24.0 Å². The van der Waals surface area contributed by atoms with Crippen LogP contribution >= 0.6 is 0 Å². The van der Waals surface area contributed by atoms with Gasteiger partial charge in [0.1, 0.15) is 0 Å². The third-order valence-corrected chi connectivity index (χ3v) is 5.23. The lowest BCUT2D eigenvalue weighted by atomic mass is 9.90. The Morgan fingerprint density at radius 3 is 2.43 bits per heavy atom. The predicted molar refractivity (Wildman–Crippen MR) is 116 cm³/mol. The number of ether oxygens (including phenoxy) is 2. The molecular formula is C24H30N2O4. The molecule has 0 atom stereocenters. The van der Waals surface area contributed by atoms with Gasteiger partial charge in [-0.15, -0.1) is 0 Å². The van der Waals surface area contributed by atoms with Gasteiger partial charge in [0.05, 0.1) is 13.5 Å². The van der Waals surface area contributed by atoms with E-state index >= 15 is 0 Å². The molecule has 0 fully saturated rings. The van der Waals surface area contributed by atoms with Crippen LogP contribution in [0.4, 0.5) is 0 Å². The molecule has 30 heavy (non-hydrogen) atoms. The van der Waals surface area contributed by atoms with Gasteiger partial charge in [0.15, 0.2) is 18.1 Å². The highest BCUT2D eigenvalue weighted by Crippen LogP contribution is 2.28. The molecule has 0 unspecified atom stereocenters. The fraction of sp³-hybridized carbons (Fsp3) is 0.417. The average molecular weight is 411 g/mol. The lowest BCUT2D eigenvalue weighted by Gasteiger charge is -2.16. The summed E-state index contributed by atoms with van der Waals surface area (Å²) in [6, 6.07) is 11.8. The Bertz CT molecular complexity index is 895. The van der Waals surface area contributed by atoms with Crippen LogP contribution in [-0.4, -0.2) is 32.1 Å². The largest absolute Gasteiger partial charge is 0.493 e. The minimum atomic E-state index is -0.182. The van der Waals surface area contributed by atoms with Crippen molar-refractivity contribution in [3.05, 3.63) is 58.7 Å². The molecular weight excluding hydrogens is 380 g/mol. The number of aryl methyl sites for hydroxylation is 2. The summed E-state index contributed by atoms with van der Waals surface area (Å²) in [6.45, 7) is 2.74. The van der Waals surface area contributed by atoms with E-state index in [4.69, 9.17) is 9.47 Å². The topological polar surface area (TPSA) is 76.7 Å². The number of nitrogens with one attached hydrogen (secondary N) is 2. The fourth-order valence-electron chi connectivity index (χ4n) is 3.68. The first-order valence-electron chi connectivity index (χ1n) is 10.5. The second-order valence-corrected chi connectivity index (χ2v) is 7.49. The van der Waals surface area contributed by atoms with Crippen molar-refractivity contribution < 1.29 is 19.1 Å². The van der Waals surface area contributed by atoms with Crippen LogP contribution in [0.25, 0.3) is 0 Å². The Balaban J connectivity index is 1.53. The van der Waals surface area contributed by atoms with E-state index in [1.807, 2.05) is 19.1 Å². The number of hydrogen-bond acceptors (Lipinski definition) is 4. The summed E-state index contributed by atoms with van der Waals surface area (Å²) in [5, 5.41) is 5.65. The lowest BCUT2D eigenvalue weighted by Crippen LogP contribution is -2.28. The highest BCUT2D eigenvalue weighted by molar-refractivity contribution is 5.78. The van der Waals surface area contributed by atoms with Crippen LogP contribution in [-0.2, 0) is 35.4 Å². The third-order valence-electron chi connectivity index (χ3n) is 5.23. The maximum atomic E-state index is 12.4. The van der Waals surface area contributed by atoms with Gasteiger partial charge in [-0.1, -0.05) is 24.3 Å². The molecule has 1 aliphatic rings. The van der Waals surface area contributed by atoms with E-state index in [-0.39, 0.29) is 18.4 Å². The minimum Gasteiger partial charge on any atom is -0.493 e. The number of hydrogen-bond donors (Lipinski definition) is 2. The van der Waals surface area contributed by atoms with Gasteiger partial charge in [-0.2, -0.15) is 0 Å². The van der Waals surface area contributed by atoms with Crippen molar-refractivity contribution in [1.82, 2.24) is 10.6 Å². The van der Waals surface area contributed by atoms with Crippen LogP contribution < -0.4 is 20.1 Å². The number of likely N-dealkylation sites (N-methyl/N-ethyl adjacent to an activating group) is 1. The molecule has 6 nitrogen and oxygen atoms in total. The highest BCUT2D eigenvalue weighted by Gasteiger charge is 2.12. The first kappa shape index (κ1) is 21.7. The van der Waals surface area contributed by atoms with Gasteiger partial charge < -0.3 is 20.1 Å². The Labute approximate surface area is 178 Å². The van der Waals surface area contributed by atoms with E-state index in [2.05, 4.69) is 28.8 Å². The van der Waals surface area contributed by atoms with Gasteiger partial charge in [0.2, 0.25) is 5.91 Å². The van der Waals surface area contributed by atoms with Crippen molar-refractivity contribution in [2.24, 2.45) is 0 Å². The maximum Gasteiger partial charge on any atom is 0.257 e. The molecule has 6 heteroatoms. The van der Waals surface area contributed by atoms with Crippen LogP contribution in [0, 0.1) is 0 Å². The third kappa shape index (κ3) is 5.99. The molecule has 3 rings (SSSR count). The second kappa shape index (κ2) is 10.7. The number of fused-ring (bicyclic) bond motifs is 1. The molecule has 0 radical (unpaired) electrons. The molecule has 0 spiro atoms. The Kier molecular flexibility index (Phi) is 7.71. The summed E-state index contributed by atoms with van der Waals surface area (Å²) in [7, 11) is 1.55. The molecule has 0 heterocycles. The normalized spacial score (nSPS) is 12.6. The smallest absolute Gasteiger partial charge is 0.257 e. The summed E-state index contributed by atoms with van der Waals surface area (Å²) in [5.41, 5.74) is 4.77. The van der Waals surface area contributed by atoms with E-state index < -0.39 is 0 Å². The summed E-state index contributed by atoms with van der Waals surface area (Å²) in [5.74, 6) is 0.827. The minimum absolute atomic E-state index is 0.0127. The molecule has 0 aliphatic heterocycles. The van der Waals surface area contributed by atoms with Gasteiger partial charge in [0, 0.05) is 13.1 Å². The molecule has 2 aromatic carbocycles. The van der Waals surface area contributed by atoms with Crippen molar-refractivity contribution in [1.29, 1.82) is 0 Å². The van der Waals surface area contributed by atoms with E-state index in [0.717, 1.165) is 24.0 Å². The molecule has 0 saturated heterocycles. The molecule has 0 bridgehead atoms. The van der Waals surface area contributed by atoms with Crippen molar-refractivity contribution >= 4 is 11.8 Å². The number of benzene rings is 2. The monoisotopic (exact) mass is 410 g/mol. The molecule has 160 valence electrons. The summed E-state index contributed by atoms with van der Waals surface area (Å²) < 4.78 is 10.9. The quantitative estimate of drug-likeness (QED) is 0.666. The Hall–Kier alpha value is -3.02. The van der Waals surface area contributed by atoms with Crippen LogP contribution in [0.3, 0.4) is 0 Å². The van der Waals surface area contributed by atoms with Crippen molar-refractivity contribution in [2.45, 2.75) is 45.6 Å². The molecule has 2 aromatic rings. The maximum absolute atomic E-state index is 12.4. The number of carbonyl (C=O) groups is 2. The summed E-state index contributed by atoms with van der Waals surface area (Å²) >= 11 is 0. The van der Waals surface area contributed by atoms with Gasteiger partial charge in [-0.25, -0.2) is 0 Å².